The normalized spacial score (nSPS) is 29.0. The van der Waals surface area contributed by atoms with Gasteiger partial charge in [-0.1, -0.05) is 0 Å². The number of ether oxygens (including phenoxy) is 1. The Labute approximate surface area is 112 Å². The molecular formula is C15H30N2O. The van der Waals surface area contributed by atoms with Crippen LogP contribution in [0.5, 0.6) is 0 Å². The SMILES string of the molecule is CN1CCC(CN2CCC(OC(C)(C)C)C2)CC1. The Hall–Kier alpha value is -0.120. The van der Waals surface area contributed by atoms with Crippen LogP contribution in [0.3, 0.4) is 0 Å². The lowest BCUT2D eigenvalue weighted by atomic mass is 9.97. The number of nitrogens with zero attached hydrogens (tertiary/aromatic N) is 2. The molecule has 3 heteroatoms. The van der Waals surface area contributed by atoms with Gasteiger partial charge in [-0.2, -0.15) is 0 Å². The number of rotatable bonds is 3. The smallest absolute Gasteiger partial charge is 0.0721 e. The molecule has 0 bridgehead atoms. The summed E-state index contributed by atoms with van der Waals surface area (Å²) in [6, 6.07) is 0. The standard InChI is InChI=1S/C15H30N2O/c1-15(2,3)18-14-7-10-17(12-14)11-13-5-8-16(4)9-6-13/h13-14H,5-12H2,1-4H3. The molecule has 0 radical (unpaired) electrons. The highest BCUT2D eigenvalue weighted by molar-refractivity contribution is 4.81. The minimum absolute atomic E-state index is 0.00816. The van der Waals surface area contributed by atoms with E-state index in [0.717, 1.165) is 12.5 Å². The van der Waals surface area contributed by atoms with Gasteiger partial charge in [-0.25, -0.2) is 0 Å². The van der Waals surface area contributed by atoms with E-state index in [9.17, 15) is 0 Å². The molecule has 2 saturated heterocycles. The van der Waals surface area contributed by atoms with Gasteiger partial charge in [0, 0.05) is 19.6 Å². The van der Waals surface area contributed by atoms with Crippen molar-refractivity contribution >= 4 is 0 Å². The van der Waals surface area contributed by atoms with Crippen LogP contribution in [0.25, 0.3) is 0 Å². The minimum atomic E-state index is 0.00816. The molecule has 2 aliphatic rings. The number of piperidine rings is 1. The molecule has 1 atom stereocenters. The van der Waals surface area contributed by atoms with Crippen molar-refractivity contribution in [3.63, 3.8) is 0 Å². The van der Waals surface area contributed by atoms with Crippen LogP contribution in [-0.4, -0.2) is 61.3 Å². The fourth-order valence-electron chi connectivity index (χ4n) is 3.17. The van der Waals surface area contributed by atoms with Crippen molar-refractivity contribution in [3.05, 3.63) is 0 Å². The van der Waals surface area contributed by atoms with Gasteiger partial charge in [0.05, 0.1) is 11.7 Å². The molecule has 0 aromatic carbocycles. The lowest BCUT2D eigenvalue weighted by molar-refractivity contribution is -0.0544. The third kappa shape index (κ3) is 4.52. The second-order valence-corrected chi connectivity index (χ2v) is 7.15. The Bertz CT molecular complexity index is 254. The van der Waals surface area contributed by atoms with Crippen LogP contribution in [0, 0.1) is 5.92 Å². The quantitative estimate of drug-likeness (QED) is 0.768. The van der Waals surface area contributed by atoms with Crippen LogP contribution in [-0.2, 0) is 4.74 Å². The Morgan fingerprint density at radius 2 is 1.72 bits per heavy atom. The monoisotopic (exact) mass is 254 g/mol. The molecule has 0 amide bonds. The zero-order valence-electron chi connectivity index (χ0n) is 12.6. The zero-order chi connectivity index (χ0) is 13.2. The summed E-state index contributed by atoms with van der Waals surface area (Å²) in [4.78, 5) is 5.07. The van der Waals surface area contributed by atoms with Crippen molar-refractivity contribution in [3.8, 4) is 0 Å². The molecule has 0 aromatic heterocycles. The maximum atomic E-state index is 6.09. The Balaban J connectivity index is 1.69. The molecular weight excluding hydrogens is 224 g/mol. The molecule has 2 heterocycles. The average Bonchev–Trinajstić information content (AvgIpc) is 2.66. The summed E-state index contributed by atoms with van der Waals surface area (Å²) in [5.74, 6) is 0.912. The summed E-state index contributed by atoms with van der Waals surface area (Å²) in [6.07, 6.45) is 4.41. The van der Waals surface area contributed by atoms with Gasteiger partial charge in [-0.3, -0.25) is 0 Å². The average molecular weight is 254 g/mol. The van der Waals surface area contributed by atoms with Gasteiger partial charge in [0.2, 0.25) is 0 Å². The van der Waals surface area contributed by atoms with Gasteiger partial charge >= 0.3 is 0 Å². The second kappa shape index (κ2) is 5.89. The van der Waals surface area contributed by atoms with E-state index in [1.165, 1.54) is 45.4 Å². The van der Waals surface area contributed by atoms with E-state index in [2.05, 4.69) is 37.6 Å². The summed E-state index contributed by atoms with van der Waals surface area (Å²) >= 11 is 0. The number of likely N-dealkylation sites (tertiary alicyclic amines) is 2. The lowest BCUT2D eigenvalue weighted by Gasteiger charge is -2.32. The predicted octanol–water partition coefficient (Wildman–Crippen LogP) is 2.22. The summed E-state index contributed by atoms with van der Waals surface area (Å²) in [6.45, 7) is 12.7. The Morgan fingerprint density at radius 3 is 2.33 bits per heavy atom. The van der Waals surface area contributed by atoms with E-state index in [0.29, 0.717) is 6.10 Å². The fourth-order valence-corrected chi connectivity index (χ4v) is 3.17. The Morgan fingerprint density at radius 1 is 1.06 bits per heavy atom. The third-order valence-electron chi connectivity index (χ3n) is 4.10. The first-order valence-corrected chi connectivity index (χ1v) is 7.51. The van der Waals surface area contributed by atoms with Gasteiger partial charge in [0.25, 0.3) is 0 Å². The summed E-state index contributed by atoms with van der Waals surface area (Å²) in [5, 5.41) is 0. The van der Waals surface area contributed by atoms with Crippen molar-refractivity contribution in [2.75, 3.05) is 39.8 Å². The molecule has 0 aromatic rings. The van der Waals surface area contributed by atoms with Crippen molar-refractivity contribution in [1.82, 2.24) is 9.80 Å². The topological polar surface area (TPSA) is 15.7 Å². The van der Waals surface area contributed by atoms with Gasteiger partial charge < -0.3 is 14.5 Å². The van der Waals surface area contributed by atoms with E-state index >= 15 is 0 Å². The molecule has 18 heavy (non-hydrogen) atoms. The van der Waals surface area contributed by atoms with E-state index in [1.807, 2.05) is 0 Å². The molecule has 0 N–H and O–H groups in total. The summed E-state index contributed by atoms with van der Waals surface area (Å²) in [7, 11) is 2.24. The zero-order valence-corrected chi connectivity index (χ0v) is 12.6. The summed E-state index contributed by atoms with van der Waals surface area (Å²) in [5.41, 5.74) is 0.00816. The molecule has 106 valence electrons. The van der Waals surface area contributed by atoms with E-state index in [4.69, 9.17) is 4.74 Å². The second-order valence-electron chi connectivity index (χ2n) is 7.15. The van der Waals surface area contributed by atoms with E-state index in [-0.39, 0.29) is 5.60 Å². The molecule has 2 rings (SSSR count). The van der Waals surface area contributed by atoms with Crippen molar-refractivity contribution in [2.24, 2.45) is 5.92 Å². The van der Waals surface area contributed by atoms with Crippen LogP contribution < -0.4 is 0 Å². The summed E-state index contributed by atoms with van der Waals surface area (Å²) < 4.78 is 6.09. The van der Waals surface area contributed by atoms with Crippen LogP contribution in [0.4, 0.5) is 0 Å². The van der Waals surface area contributed by atoms with E-state index < -0.39 is 0 Å². The molecule has 0 spiro atoms. The maximum Gasteiger partial charge on any atom is 0.0721 e. The Kier molecular flexibility index (Phi) is 4.68. The van der Waals surface area contributed by atoms with Gasteiger partial charge in [-0.15, -0.1) is 0 Å². The fraction of sp³-hybridized carbons (Fsp3) is 1.00. The first kappa shape index (κ1) is 14.3. The molecule has 0 saturated carbocycles. The molecule has 2 fully saturated rings. The van der Waals surface area contributed by atoms with Gasteiger partial charge in [-0.05, 0) is 66.1 Å². The molecule has 2 aliphatic heterocycles. The highest BCUT2D eigenvalue weighted by Gasteiger charge is 2.29. The first-order chi connectivity index (χ1) is 8.42. The first-order valence-electron chi connectivity index (χ1n) is 7.51. The molecule has 1 unspecified atom stereocenters. The largest absolute Gasteiger partial charge is 0.371 e. The molecule has 3 nitrogen and oxygen atoms in total. The minimum Gasteiger partial charge on any atom is -0.371 e. The maximum absolute atomic E-state index is 6.09. The van der Waals surface area contributed by atoms with Crippen LogP contribution in [0.15, 0.2) is 0 Å². The molecule has 0 aliphatic carbocycles. The number of hydrogen-bond donors (Lipinski definition) is 0. The predicted molar refractivity (Wildman–Crippen MR) is 75.9 cm³/mol. The van der Waals surface area contributed by atoms with Crippen LogP contribution in [0.1, 0.15) is 40.0 Å². The van der Waals surface area contributed by atoms with Crippen molar-refractivity contribution < 1.29 is 4.74 Å². The van der Waals surface area contributed by atoms with Crippen molar-refractivity contribution in [2.45, 2.75) is 51.7 Å². The van der Waals surface area contributed by atoms with Crippen LogP contribution in [0.2, 0.25) is 0 Å². The highest BCUT2D eigenvalue weighted by Crippen LogP contribution is 2.23. The van der Waals surface area contributed by atoms with Gasteiger partial charge in [0.15, 0.2) is 0 Å². The lowest BCUT2D eigenvalue weighted by Crippen LogP contribution is -2.37. The third-order valence-corrected chi connectivity index (χ3v) is 4.10. The van der Waals surface area contributed by atoms with Crippen molar-refractivity contribution in [1.29, 1.82) is 0 Å². The highest BCUT2D eigenvalue weighted by atomic mass is 16.5. The van der Waals surface area contributed by atoms with E-state index in [1.54, 1.807) is 0 Å². The van der Waals surface area contributed by atoms with Gasteiger partial charge in [0.1, 0.15) is 0 Å². The van der Waals surface area contributed by atoms with Crippen LogP contribution >= 0.6 is 0 Å². The number of hydrogen-bond acceptors (Lipinski definition) is 3.